The molecule has 3 rings (SSSR count). The van der Waals surface area contributed by atoms with Crippen LogP contribution in [0, 0.1) is 0 Å². The quantitative estimate of drug-likeness (QED) is 0.435. The van der Waals surface area contributed by atoms with Crippen molar-refractivity contribution in [3.05, 3.63) is 71.3 Å². The van der Waals surface area contributed by atoms with E-state index in [2.05, 4.69) is 0 Å². The number of amides is 1. The van der Waals surface area contributed by atoms with Gasteiger partial charge in [0, 0.05) is 18.1 Å². The normalized spacial score (nSPS) is 18.1. The maximum absolute atomic E-state index is 12.8. The molecule has 1 fully saturated rings. The second-order valence-electron chi connectivity index (χ2n) is 6.61. The summed E-state index contributed by atoms with van der Waals surface area (Å²) in [5, 5.41) is 21.6. The molecular formula is C22H20NO6-. The van der Waals surface area contributed by atoms with Gasteiger partial charge in [-0.3, -0.25) is 9.59 Å². The molecule has 150 valence electrons. The third-order valence-electron chi connectivity index (χ3n) is 4.78. The Balaban J connectivity index is 2.10. The fourth-order valence-corrected chi connectivity index (χ4v) is 3.41. The van der Waals surface area contributed by atoms with Crippen LogP contribution in [-0.2, 0) is 14.4 Å². The number of aliphatic carboxylic acids is 1. The van der Waals surface area contributed by atoms with E-state index in [4.69, 9.17) is 4.74 Å². The van der Waals surface area contributed by atoms with Crippen LogP contribution >= 0.6 is 0 Å². The van der Waals surface area contributed by atoms with Gasteiger partial charge in [-0.2, -0.15) is 0 Å². The topological polar surface area (TPSA) is 107 Å². The van der Waals surface area contributed by atoms with Crippen LogP contribution in [0.25, 0.3) is 5.76 Å². The van der Waals surface area contributed by atoms with E-state index < -0.39 is 23.7 Å². The van der Waals surface area contributed by atoms with Crippen molar-refractivity contribution >= 4 is 23.4 Å². The average Bonchev–Trinajstić information content (AvgIpc) is 2.98. The lowest BCUT2D eigenvalue weighted by Crippen LogP contribution is -2.32. The van der Waals surface area contributed by atoms with Crippen molar-refractivity contribution in [1.29, 1.82) is 0 Å². The SMILES string of the molecule is COc1cccc([C@H]2C(=C(O)c3ccccc3)C(=O)C(=O)N2CCCC(=O)[O-])c1. The van der Waals surface area contributed by atoms with Gasteiger partial charge in [-0.25, -0.2) is 0 Å². The number of methoxy groups -OCH3 is 1. The zero-order chi connectivity index (χ0) is 21.0. The van der Waals surface area contributed by atoms with E-state index in [1.807, 2.05) is 0 Å². The zero-order valence-electron chi connectivity index (χ0n) is 15.8. The van der Waals surface area contributed by atoms with Crippen molar-refractivity contribution < 1.29 is 29.3 Å². The van der Waals surface area contributed by atoms with E-state index in [0.717, 1.165) is 0 Å². The smallest absolute Gasteiger partial charge is 0.295 e. The van der Waals surface area contributed by atoms with E-state index in [1.54, 1.807) is 54.6 Å². The first-order chi connectivity index (χ1) is 13.9. The minimum absolute atomic E-state index is 0.0337. The van der Waals surface area contributed by atoms with Crippen LogP contribution in [0.4, 0.5) is 0 Å². The molecule has 0 aliphatic carbocycles. The standard InChI is InChI=1S/C22H21NO6/c1-29-16-10-5-9-15(13-16)19-18(20(26)14-7-3-2-4-8-14)21(27)22(28)23(19)12-6-11-17(24)25/h2-5,7-10,13,19,26H,6,11-12H2,1H3,(H,24,25)/p-1/t19-/m0/s1. The number of carbonyl (C=O) groups is 3. The van der Waals surface area contributed by atoms with Crippen molar-refractivity contribution in [1.82, 2.24) is 4.90 Å². The lowest BCUT2D eigenvalue weighted by Gasteiger charge is -2.25. The first-order valence-electron chi connectivity index (χ1n) is 9.11. The molecule has 0 bridgehead atoms. The number of Topliss-reactive ketones (excluding diaryl/α,β-unsaturated/α-hetero) is 1. The summed E-state index contributed by atoms with van der Waals surface area (Å²) in [7, 11) is 1.50. The van der Waals surface area contributed by atoms with Gasteiger partial charge in [-0.1, -0.05) is 42.5 Å². The molecule has 1 aliphatic rings. The van der Waals surface area contributed by atoms with Gasteiger partial charge < -0.3 is 24.6 Å². The largest absolute Gasteiger partial charge is 0.550 e. The molecule has 0 spiro atoms. The number of benzene rings is 2. The van der Waals surface area contributed by atoms with Gasteiger partial charge in [0.25, 0.3) is 11.7 Å². The number of aliphatic hydroxyl groups is 1. The lowest BCUT2D eigenvalue weighted by atomic mass is 9.95. The summed E-state index contributed by atoms with van der Waals surface area (Å²) in [5.41, 5.74) is 0.950. The fraction of sp³-hybridized carbons (Fsp3) is 0.227. The van der Waals surface area contributed by atoms with Crippen LogP contribution in [0.2, 0.25) is 0 Å². The minimum Gasteiger partial charge on any atom is -0.550 e. The van der Waals surface area contributed by atoms with Crippen molar-refractivity contribution in [2.24, 2.45) is 0 Å². The van der Waals surface area contributed by atoms with Crippen LogP contribution in [0.1, 0.15) is 30.0 Å². The van der Waals surface area contributed by atoms with Crippen LogP contribution in [0.3, 0.4) is 0 Å². The molecule has 1 saturated heterocycles. The number of carbonyl (C=O) groups excluding carboxylic acids is 3. The first kappa shape index (κ1) is 20.1. The van der Waals surface area contributed by atoms with E-state index in [-0.39, 0.29) is 30.7 Å². The molecule has 29 heavy (non-hydrogen) atoms. The molecule has 7 heteroatoms. The molecule has 0 aromatic heterocycles. The van der Waals surface area contributed by atoms with E-state index in [0.29, 0.717) is 16.9 Å². The minimum atomic E-state index is -1.23. The molecule has 1 N–H and O–H groups in total. The van der Waals surface area contributed by atoms with Crippen molar-refractivity contribution in [3.8, 4) is 5.75 Å². The summed E-state index contributed by atoms with van der Waals surface area (Å²) in [4.78, 5) is 37.5. The maximum atomic E-state index is 12.8. The van der Waals surface area contributed by atoms with Crippen molar-refractivity contribution in [3.63, 3.8) is 0 Å². The number of ether oxygens (including phenoxy) is 1. The Morgan fingerprint density at radius 1 is 1.14 bits per heavy atom. The Morgan fingerprint density at radius 2 is 1.86 bits per heavy atom. The van der Waals surface area contributed by atoms with Crippen LogP contribution in [-0.4, -0.2) is 41.3 Å². The molecule has 0 unspecified atom stereocenters. The number of carboxylic acids is 1. The van der Waals surface area contributed by atoms with Gasteiger partial charge in [-0.05, 0) is 30.5 Å². The predicted octanol–water partition coefficient (Wildman–Crippen LogP) is 1.65. The molecule has 7 nitrogen and oxygen atoms in total. The fourth-order valence-electron chi connectivity index (χ4n) is 3.41. The highest BCUT2D eigenvalue weighted by molar-refractivity contribution is 6.46. The van der Waals surface area contributed by atoms with Gasteiger partial charge in [0.2, 0.25) is 0 Å². The third-order valence-corrected chi connectivity index (χ3v) is 4.78. The summed E-state index contributed by atoms with van der Waals surface area (Å²) in [6, 6.07) is 14.5. The highest BCUT2D eigenvalue weighted by Crippen LogP contribution is 2.40. The van der Waals surface area contributed by atoms with Gasteiger partial charge in [0.1, 0.15) is 11.5 Å². The molecule has 2 aromatic rings. The monoisotopic (exact) mass is 394 g/mol. The Labute approximate surface area is 167 Å². The Morgan fingerprint density at radius 3 is 2.52 bits per heavy atom. The summed E-state index contributed by atoms with van der Waals surface area (Å²) in [6.45, 7) is 0.0337. The molecule has 1 heterocycles. The Bertz CT molecular complexity index is 966. The number of nitrogens with zero attached hydrogens (tertiary/aromatic N) is 1. The molecule has 0 radical (unpaired) electrons. The summed E-state index contributed by atoms with van der Waals surface area (Å²) in [5.74, 6) is -2.58. The number of hydrogen-bond donors (Lipinski definition) is 1. The van der Waals surface area contributed by atoms with Crippen LogP contribution in [0.5, 0.6) is 5.75 Å². The van der Waals surface area contributed by atoms with Gasteiger partial charge in [0.05, 0.1) is 18.7 Å². The number of ketones is 1. The number of likely N-dealkylation sites (tertiary alicyclic amines) is 1. The highest BCUT2D eigenvalue weighted by Gasteiger charge is 2.45. The van der Waals surface area contributed by atoms with E-state index in [9.17, 15) is 24.6 Å². The maximum Gasteiger partial charge on any atom is 0.295 e. The van der Waals surface area contributed by atoms with Crippen molar-refractivity contribution in [2.45, 2.75) is 18.9 Å². The molecule has 0 saturated carbocycles. The Kier molecular flexibility index (Phi) is 5.97. The van der Waals surface area contributed by atoms with Gasteiger partial charge in [0.15, 0.2) is 0 Å². The highest BCUT2D eigenvalue weighted by atomic mass is 16.5. The number of carboxylic acid groups (broad SMARTS) is 1. The summed E-state index contributed by atoms with van der Waals surface area (Å²) in [6.07, 6.45) is -0.117. The second kappa shape index (κ2) is 8.60. The lowest BCUT2D eigenvalue weighted by molar-refractivity contribution is -0.305. The van der Waals surface area contributed by atoms with Gasteiger partial charge in [-0.15, -0.1) is 0 Å². The second-order valence-corrected chi connectivity index (χ2v) is 6.61. The van der Waals surface area contributed by atoms with Crippen LogP contribution in [0.15, 0.2) is 60.2 Å². The summed E-state index contributed by atoms with van der Waals surface area (Å²) >= 11 is 0. The Hall–Kier alpha value is -3.61. The molecule has 1 amide bonds. The predicted molar refractivity (Wildman–Crippen MR) is 103 cm³/mol. The average molecular weight is 394 g/mol. The molecular weight excluding hydrogens is 374 g/mol. The molecule has 1 aliphatic heterocycles. The summed E-state index contributed by atoms with van der Waals surface area (Å²) < 4.78 is 5.24. The molecule has 2 aromatic carbocycles. The molecule has 1 atom stereocenters. The van der Waals surface area contributed by atoms with Crippen LogP contribution < -0.4 is 9.84 Å². The first-order valence-corrected chi connectivity index (χ1v) is 9.11. The third kappa shape index (κ3) is 4.13. The van der Waals surface area contributed by atoms with E-state index in [1.165, 1.54) is 12.0 Å². The number of rotatable bonds is 7. The number of aliphatic hydroxyl groups excluding tert-OH is 1. The van der Waals surface area contributed by atoms with Gasteiger partial charge >= 0.3 is 0 Å². The van der Waals surface area contributed by atoms with E-state index >= 15 is 0 Å². The van der Waals surface area contributed by atoms with Crippen molar-refractivity contribution in [2.75, 3.05) is 13.7 Å². The zero-order valence-corrected chi connectivity index (χ0v) is 15.8. The number of hydrogen-bond acceptors (Lipinski definition) is 6.